The van der Waals surface area contributed by atoms with E-state index in [0.29, 0.717) is 5.02 Å². The van der Waals surface area contributed by atoms with Crippen LogP contribution >= 0.6 is 27.5 Å². The smallest absolute Gasteiger partial charge is 0.0702 e. The molecule has 1 aromatic heterocycles. The molecule has 100 valence electrons. The van der Waals surface area contributed by atoms with Gasteiger partial charge in [0.2, 0.25) is 0 Å². The first-order valence-electron chi connectivity index (χ1n) is 6.21. The average Bonchev–Trinajstić information content (AvgIpc) is 2.49. The maximum absolute atomic E-state index is 6.33. The van der Waals surface area contributed by atoms with Gasteiger partial charge in [-0.05, 0) is 45.3 Å². The third-order valence-electron chi connectivity index (χ3n) is 3.29. The average molecular weight is 348 g/mol. The molecule has 0 bridgehead atoms. The molecule has 0 amide bonds. The number of nitrogens with two attached hydrogens (primary N) is 1. The number of rotatable bonds is 2. The van der Waals surface area contributed by atoms with Gasteiger partial charge in [0, 0.05) is 16.1 Å². The molecule has 1 unspecified atom stereocenters. The molecule has 0 radical (unpaired) electrons. The zero-order valence-corrected chi connectivity index (χ0v) is 12.9. The molecule has 0 aliphatic heterocycles. The number of nitrogens with zero attached hydrogens (tertiary/aromatic N) is 1. The summed E-state index contributed by atoms with van der Waals surface area (Å²) in [6, 6.07) is 15.5. The first kappa shape index (κ1) is 13.6. The summed E-state index contributed by atoms with van der Waals surface area (Å²) in [5.74, 6) is 0. The lowest BCUT2D eigenvalue weighted by molar-refractivity contribution is 0.866. The first-order chi connectivity index (χ1) is 9.66. The van der Waals surface area contributed by atoms with Crippen LogP contribution in [0, 0.1) is 0 Å². The number of benzene rings is 2. The molecule has 0 spiro atoms. The monoisotopic (exact) mass is 346 g/mol. The van der Waals surface area contributed by atoms with Gasteiger partial charge in [-0.1, -0.05) is 41.9 Å². The number of fused-ring (bicyclic) bond motifs is 1. The molecule has 2 aromatic carbocycles. The SMILES string of the molecule is NC(c1cnc2ccccc2c1)c1cccc(Br)c1Cl. The standard InChI is InChI=1S/C16H12BrClN2/c17-13-6-3-5-12(15(13)18)16(19)11-8-10-4-1-2-7-14(10)20-9-11/h1-9,16H,19H2. The number of hydrogen-bond acceptors (Lipinski definition) is 2. The van der Waals surface area contributed by atoms with Crippen LogP contribution < -0.4 is 5.73 Å². The van der Waals surface area contributed by atoms with Crippen LogP contribution in [0.15, 0.2) is 59.2 Å². The molecule has 0 aliphatic rings. The predicted octanol–water partition coefficient (Wildman–Crippen LogP) is 4.70. The number of para-hydroxylation sites is 1. The molecule has 0 saturated heterocycles. The molecule has 2 nitrogen and oxygen atoms in total. The maximum Gasteiger partial charge on any atom is 0.0702 e. The van der Waals surface area contributed by atoms with Crippen LogP contribution in [0.3, 0.4) is 0 Å². The molecule has 0 fully saturated rings. The van der Waals surface area contributed by atoms with Crippen LogP contribution in [0.1, 0.15) is 17.2 Å². The van der Waals surface area contributed by atoms with Crippen LogP contribution in [0.2, 0.25) is 5.02 Å². The van der Waals surface area contributed by atoms with Crippen molar-refractivity contribution in [3.05, 3.63) is 75.4 Å². The first-order valence-corrected chi connectivity index (χ1v) is 7.38. The second-order valence-electron chi connectivity index (χ2n) is 4.58. The van der Waals surface area contributed by atoms with Crippen molar-refractivity contribution in [3.63, 3.8) is 0 Å². The summed E-state index contributed by atoms with van der Waals surface area (Å²) >= 11 is 9.73. The van der Waals surface area contributed by atoms with E-state index in [0.717, 1.165) is 26.5 Å². The Balaban J connectivity index is 2.08. The van der Waals surface area contributed by atoms with Crippen LogP contribution in [-0.2, 0) is 0 Å². The Labute approximate surface area is 130 Å². The molecular formula is C16H12BrClN2. The summed E-state index contributed by atoms with van der Waals surface area (Å²) in [7, 11) is 0. The van der Waals surface area contributed by atoms with E-state index in [2.05, 4.69) is 27.0 Å². The summed E-state index contributed by atoms with van der Waals surface area (Å²) in [6.07, 6.45) is 1.81. The van der Waals surface area contributed by atoms with Crippen LogP contribution in [0.4, 0.5) is 0 Å². The van der Waals surface area contributed by atoms with Crippen LogP contribution in [-0.4, -0.2) is 4.98 Å². The number of hydrogen-bond donors (Lipinski definition) is 1. The van der Waals surface area contributed by atoms with Gasteiger partial charge in [-0.25, -0.2) is 0 Å². The van der Waals surface area contributed by atoms with E-state index in [-0.39, 0.29) is 6.04 Å². The number of aromatic nitrogens is 1. The highest BCUT2D eigenvalue weighted by Gasteiger charge is 2.14. The van der Waals surface area contributed by atoms with Gasteiger partial charge in [0.15, 0.2) is 0 Å². The van der Waals surface area contributed by atoms with Gasteiger partial charge in [0.25, 0.3) is 0 Å². The fraction of sp³-hybridized carbons (Fsp3) is 0.0625. The van der Waals surface area contributed by atoms with E-state index in [4.69, 9.17) is 17.3 Å². The molecule has 3 aromatic rings. The highest BCUT2D eigenvalue weighted by atomic mass is 79.9. The second-order valence-corrected chi connectivity index (χ2v) is 5.81. The van der Waals surface area contributed by atoms with Gasteiger partial charge in [-0.15, -0.1) is 0 Å². The second kappa shape index (κ2) is 5.52. The van der Waals surface area contributed by atoms with Crippen molar-refractivity contribution in [2.75, 3.05) is 0 Å². The minimum absolute atomic E-state index is 0.294. The van der Waals surface area contributed by atoms with Crippen molar-refractivity contribution in [1.29, 1.82) is 0 Å². The van der Waals surface area contributed by atoms with E-state index >= 15 is 0 Å². The highest BCUT2D eigenvalue weighted by molar-refractivity contribution is 9.10. The molecule has 2 N–H and O–H groups in total. The summed E-state index contributed by atoms with van der Waals surface area (Å²) in [4.78, 5) is 4.45. The van der Waals surface area contributed by atoms with Gasteiger partial charge in [-0.3, -0.25) is 4.98 Å². The maximum atomic E-state index is 6.33. The van der Waals surface area contributed by atoms with Crippen molar-refractivity contribution in [1.82, 2.24) is 4.98 Å². The van der Waals surface area contributed by atoms with Gasteiger partial charge >= 0.3 is 0 Å². The normalized spacial score (nSPS) is 12.6. The molecular weight excluding hydrogens is 336 g/mol. The third kappa shape index (κ3) is 2.44. The fourth-order valence-electron chi connectivity index (χ4n) is 2.20. The van der Waals surface area contributed by atoms with Crippen molar-refractivity contribution in [2.24, 2.45) is 5.73 Å². The third-order valence-corrected chi connectivity index (χ3v) is 4.60. The zero-order valence-electron chi connectivity index (χ0n) is 10.6. The van der Waals surface area contributed by atoms with E-state index < -0.39 is 0 Å². The molecule has 20 heavy (non-hydrogen) atoms. The molecule has 0 aliphatic carbocycles. The molecule has 3 rings (SSSR count). The summed E-state index contributed by atoms with van der Waals surface area (Å²) in [5, 5.41) is 1.72. The fourth-order valence-corrected chi connectivity index (χ4v) is 2.82. The van der Waals surface area contributed by atoms with Crippen LogP contribution in [0.5, 0.6) is 0 Å². The van der Waals surface area contributed by atoms with Crippen LogP contribution in [0.25, 0.3) is 10.9 Å². The highest BCUT2D eigenvalue weighted by Crippen LogP contribution is 2.32. The van der Waals surface area contributed by atoms with Gasteiger partial charge in [0.05, 0.1) is 16.6 Å². The Morgan fingerprint density at radius 2 is 1.90 bits per heavy atom. The van der Waals surface area contributed by atoms with Gasteiger partial charge < -0.3 is 5.73 Å². The number of halogens is 2. The van der Waals surface area contributed by atoms with Crippen molar-refractivity contribution in [3.8, 4) is 0 Å². The summed E-state index contributed by atoms with van der Waals surface area (Å²) < 4.78 is 0.848. The van der Waals surface area contributed by atoms with Gasteiger partial charge in [0.1, 0.15) is 0 Å². The van der Waals surface area contributed by atoms with E-state index in [1.807, 2.05) is 48.7 Å². The summed E-state index contributed by atoms with van der Waals surface area (Å²) in [6.45, 7) is 0. The van der Waals surface area contributed by atoms with Crippen molar-refractivity contribution < 1.29 is 0 Å². The van der Waals surface area contributed by atoms with E-state index in [9.17, 15) is 0 Å². The lowest BCUT2D eigenvalue weighted by Gasteiger charge is -2.15. The molecule has 1 atom stereocenters. The lowest BCUT2D eigenvalue weighted by Crippen LogP contribution is -2.12. The molecule has 1 heterocycles. The Morgan fingerprint density at radius 3 is 2.75 bits per heavy atom. The Morgan fingerprint density at radius 1 is 1.10 bits per heavy atom. The van der Waals surface area contributed by atoms with Gasteiger partial charge in [-0.2, -0.15) is 0 Å². The number of pyridine rings is 1. The zero-order chi connectivity index (χ0) is 14.1. The van der Waals surface area contributed by atoms with Crippen molar-refractivity contribution in [2.45, 2.75) is 6.04 Å². The lowest BCUT2D eigenvalue weighted by atomic mass is 10.00. The molecule has 0 saturated carbocycles. The Bertz CT molecular complexity index is 773. The summed E-state index contributed by atoms with van der Waals surface area (Å²) in [5.41, 5.74) is 9.13. The minimum Gasteiger partial charge on any atom is -0.320 e. The molecule has 4 heteroatoms. The Hall–Kier alpha value is -1.42. The quantitative estimate of drug-likeness (QED) is 0.730. The van der Waals surface area contributed by atoms with E-state index in [1.165, 1.54) is 0 Å². The van der Waals surface area contributed by atoms with E-state index in [1.54, 1.807) is 0 Å². The topological polar surface area (TPSA) is 38.9 Å². The largest absolute Gasteiger partial charge is 0.320 e. The Kier molecular flexibility index (Phi) is 3.74. The van der Waals surface area contributed by atoms with Crippen molar-refractivity contribution >= 4 is 38.4 Å². The predicted molar refractivity (Wildman–Crippen MR) is 86.9 cm³/mol. The minimum atomic E-state index is -0.294.